The van der Waals surface area contributed by atoms with Crippen molar-refractivity contribution in [3.8, 4) is 5.75 Å². The molecule has 1 fully saturated rings. The number of alkyl halides is 3. The SMILES string of the molecule is COc1ccc(C/C=C(/[C@H]2O[C@@H]3SC(N(C)C)=N[C@@H]3[C@@H](O)[C@@H]2O)C(F)(F)F)cc1. The van der Waals surface area contributed by atoms with Crippen molar-refractivity contribution in [1.29, 1.82) is 0 Å². The highest BCUT2D eigenvalue weighted by Crippen LogP contribution is 2.42. The van der Waals surface area contributed by atoms with Crippen molar-refractivity contribution >= 4 is 16.9 Å². The number of aliphatic imine (C=N–C) groups is 1. The first-order valence-electron chi connectivity index (χ1n) is 8.95. The molecule has 2 N–H and O–H groups in total. The monoisotopic (exact) mass is 432 g/mol. The molecular weight excluding hydrogens is 409 g/mol. The third-order valence-electron chi connectivity index (χ3n) is 4.78. The predicted molar refractivity (Wildman–Crippen MR) is 104 cm³/mol. The molecule has 10 heteroatoms. The van der Waals surface area contributed by atoms with Crippen LogP contribution in [-0.4, -0.2) is 77.5 Å². The van der Waals surface area contributed by atoms with Crippen molar-refractivity contribution < 1.29 is 32.9 Å². The van der Waals surface area contributed by atoms with E-state index >= 15 is 0 Å². The molecule has 160 valence electrons. The lowest BCUT2D eigenvalue weighted by molar-refractivity contribution is -0.170. The zero-order valence-corrected chi connectivity index (χ0v) is 16.9. The molecule has 1 aromatic rings. The molecule has 6 nitrogen and oxygen atoms in total. The summed E-state index contributed by atoms with van der Waals surface area (Å²) in [6.45, 7) is 0. The quantitative estimate of drug-likeness (QED) is 0.711. The molecule has 0 aromatic heterocycles. The van der Waals surface area contributed by atoms with Crippen LogP contribution < -0.4 is 4.74 Å². The van der Waals surface area contributed by atoms with Crippen LogP contribution in [0.25, 0.3) is 0 Å². The molecule has 2 aliphatic rings. The van der Waals surface area contributed by atoms with Crippen LogP contribution in [0.1, 0.15) is 5.56 Å². The van der Waals surface area contributed by atoms with Crippen molar-refractivity contribution in [3.05, 3.63) is 41.5 Å². The van der Waals surface area contributed by atoms with Crippen molar-refractivity contribution in [3.63, 3.8) is 0 Å². The number of methoxy groups -OCH3 is 1. The molecule has 2 aliphatic heterocycles. The molecule has 0 saturated carbocycles. The Morgan fingerprint density at radius 2 is 1.90 bits per heavy atom. The fourth-order valence-electron chi connectivity index (χ4n) is 3.20. The van der Waals surface area contributed by atoms with Crippen LogP contribution in [0, 0.1) is 0 Å². The number of benzene rings is 1. The van der Waals surface area contributed by atoms with E-state index < -0.39 is 41.5 Å². The van der Waals surface area contributed by atoms with Gasteiger partial charge >= 0.3 is 6.18 Å². The summed E-state index contributed by atoms with van der Waals surface area (Å²) in [7, 11) is 4.97. The van der Waals surface area contributed by atoms with E-state index in [9.17, 15) is 23.4 Å². The number of aliphatic hydroxyl groups is 2. The van der Waals surface area contributed by atoms with E-state index in [1.807, 2.05) is 0 Å². The van der Waals surface area contributed by atoms with Crippen molar-refractivity contribution in [2.45, 2.75) is 42.4 Å². The summed E-state index contributed by atoms with van der Waals surface area (Å²) in [5, 5.41) is 21.3. The minimum Gasteiger partial charge on any atom is -0.497 e. The Labute approximate surface area is 171 Å². The van der Waals surface area contributed by atoms with Gasteiger partial charge in [0.15, 0.2) is 5.17 Å². The van der Waals surface area contributed by atoms with Gasteiger partial charge in [-0.15, -0.1) is 0 Å². The van der Waals surface area contributed by atoms with Gasteiger partial charge in [-0.1, -0.05) is 30.0 Å². The Morgan fingerprint density at radius 1 is 1.24 bits per heavy atom. The van der Waals surface area contributed by atoms with Crippen LogP contribution in [-0.2, 0) is 11.2 Å². The fourth-order valence-corrected chi connectivity index (χ4v) is 4.34. The molecule has 0 amide bonds. The second-order valence-electron chi connectivity index (χ2n) is 7.03. The van der Waals surface area contributed by atoms with Gasteiger partial charge in [0.25, 0.3) is 0 Å². The second kappa shape index (κ2) is 8.55. The highest BCUT2D eigenvalue weighted by Gasteiger charge is 2.53. The zero-order valence-electron chi connectivity index (χ0n) is 16.1. The van der Waals surface area contributed by atoms with Gasteiger partial charge in [0.1, 0.15) is 35.5 Å². The molecule has 0 radical (unpaired) electrons. The van der Waals surface area contributed by atoms with Gasteiger partial charge < -0.3 is 24.6 Å². The van der Waals surface area contributed by atoms with Gasteiger partial charge in [-0.2, -0.15) is 13.2 Å². The summed E-state index contributed by atoms with van der Waals surface area (Å²) in [5.74, 6) is 0.601. The van der Waals surface area contributed by atoms with Crippen LogP contribution in [0.4, 0.5) is 13.2 Å². The van der Waals surface area contributed by atoms with E-state index in [0.717, 1.165) is 17.8 Å². The van der Waals surface area contributed by atoms with Gasteiger partial charge in [0, 0.05) is 14.1 Å². The second-order valence-corrected chi connectivity index (χ2v) is 8.10. The standard InChI is InChI=1S/C19H23F3N2O4S/c1-24(2)18-23-13-14(25)15(26)16(28-17(13)29-18)12(19(20,21)22)9-6-10-4-7-11(27-3)8-5-10/h4-5,7-9,13-17,25-26H,6H2,1-3H3/b12-9-/t13-,14-,15+,16-,17-/m1/s1. The van der Waals surface area contributed by atoms with Crippen molar-refractivity contribution in [2.75, 3.05) is 21.2 Å². The van der Waals surface area contributed by atoms with Gasteiger partial charge in [0.2, 0.25) is 0 Å². The number of fused-ring (bicyclic) bond motifs is 1. The van der Waals surface area contributed by atoms with Crippen LogP contribution in [0.3, 0.4) is 0 Å². The van der Waals surface area contributed by atoms with Crippen LogP contribution in [0.5, 0.6) is 5.75 Å². The largest absolute Gasteiger partial charge is 0.497 e. The van der Waals surface area contributed by atoms with Gasteiger partial charge in [-0.25, -0.2) is 0 Å². The molecule has 0 aliphatic carbocycles. The zero-order chi connectivity index (χ0) is 21.3. The van der Waals surface area contributed by atoms with E-state index in [1.165, 1.54) is 7.11 Å². The molecule has 1 aromatic carbocycles. The third kappa shape index (κ3) is 4.71. The Bertz CT molecular complexity index is 783. The Balaban J connectivity index is 1.83. The number of nitrogens with zero attached hydrogens (tertiary/aromatic N) is 2. The number of allylic oxidation sites excluding steroid dienone is 1. The maximum atomic E-state index is 13.8. The first-order valence-corrected chi connectivity index (χ1v) is 9.83. The molecule has 2 heterocycles. The average molecular weight is 432 g/mol. The van der Waals surface area contributed by atoms with E-state index in [0.29, 0.717) is 16.5 Å². The third-order valence-corrected chi connectivity index (χ3v) is 6.09. The topological polar surface area (TPSA) is 74.5 Å². The lowest BCUT2D eigenvalue weighted by atomic mass is 9.92. The molecule has 3 rings (SSSR count). The molecule has 1 saturated heterocycles. The van der Waals surface area contributed by atoms with E-state index in [4.69, 9.17) is 9.47 Å². The molecule has 0 unspecified atom stereocenters. The highest BCUT2D eigenvalue weighted by atomic mass is 32.2. The lowest BCUT2D eigenvalue weighted by Crippen LogP contribution is -2.56. The van der Waals surface area contributed by atoms with Crippen molar-refractivity contribution in [1.82, 2.24) is 4.90 Å². The van der Waals surface area contributed by atoms with E-state index in [2.05, 4.69) is 4.99 Å². The minimum atomic E-state index is -4.72. The summed E-state index contributed by atoms with van der Waals surface area (Å²) in [5.41, 5.74) is -1.18. The number of amidine groups is 1. The van der Waals surface area contributed by atoms with Gasteiger partial charge in [-0.05, 0) is 24.1 Å². The Hall–Kier alpha value is -1.75. The molecule has 5 atom stereocenters. The normalized spacial score (nSPS) is 30.0. The number of thioether (sulfide) groups is 1. The van der Waals surface area contributed by atoms with Crippen molar-refractivity contribution in [2.24, 2.45) is 4.99 Å². The van der Waals surface area contributed by atoms with Crippen LogP contribution in [0.2, 0.25) is 0 Å². The maximum Gasteiger partial charge on any atom is 0.414 e. The lowest BCUT2D eigenvalue weighted by Gasteiger charge is -2.39. The van der Waals surface area contributed by atoms with Crippen LogP contribution in [0.15, 0.2) is 40.9 Å². The summed E-state index contributed by atoms with van der Waals surface area (Å²) < 4.78 is 51.9. The summed E-state index contributed by atoms with van der Waals surface area (Å²) in [6, 6.07) is 5.82. The fraction of sp³-hybridized carbons (Fsp3) is 0.526. The number of halogens is 3. The van der Waals surface area contributed by atoms with E-state index in [1.54, 1.807) is 43.3 Å². The number of ether oxygens (including phenoxy) is 2. The average Bonchev–Trinajstić information content (AvgIpc) is 3.10. The Morgan fingerprint density at radius 3 is 2.45 bits per heavy atom. The smallest absolute Gasteiger partial charge is 0.414 e. The number of rotatable bonds is 4. The predicted octanol–water partition coefficient (Wildman–Crippen LogP) is 2.21. The van der Waals surface area contributed by atoms with E-state index in [-0.39, 0.29) is 6.42 Å². The Kier molecular flexibility index (Phi) is 6.47. The summed E-state index contributed by atoms with van der Waals surface area (Å²) in [6.07, 6.45) is -8.65. The highest BCUT2D eigenvalue weighted by molar-refractivity contribution is 8.14. The number of hydrogen-bond acceptors (Lipinski definition) is 7. The van der Waals surface area contributed by atoms with Gasteiger partial charge in [-0.3, -0.25) is 4.99 Å². The first-order chi connectivity index (χ1) is 13.6. The number of aliphatic hydroxyl groups excluding tert-OH is 2. The summed E-state index contributed by atoms with van der Waals surface area (Å²) >= 11 is 1.13. The first kappa shape index (κ1) is 21.9. The molecule has 0 bridgehead atoms. The molecule has 0 spiro atoms. The minimum absolute atomic E-state index is 0.0117. The maximum absolute atomic E-state index is 13.8. The molecule has 29 heavy (non-hydrogen) atoms. The number of hydrogen-bond donors (Lipinski definition) is 2. The van der Waals surface area contributed by atoms with Gasteiger partial charge in [0.05, 0.1) is 12.7 Å². The van der Waals surface area contributed by atoms with Crippen LogP contribution >= 0.6 is 11.8 Å². The summed E-state index contributed by atoms with van der Waals surface area (Å²) in [4.78, 5) is 5.95. The molecular formula is C19H23F3N2O4S.